The number of unbranched alkanes of at least 4 members (excludes halogenated alkanes) is 10. The second-order valence-electron chi connectivity index (χ2n) is 18.1. The van der Waals surface area contributed by atoms with Crippen molar-refractivity contribution >= 4 is 17.9 Å². The smallest absolute Gasteiger partial charge is 0.306 e. The standard InChI is InChI=1S/C67H102O6/c1-4-7-10-13-16-19-22-25-28-31-33-36-39-42-45-48-51-54-57-60-66(69)72-63-64(62-71-65(68)59-56-53-50-47-44-41-38-35-30-27-24-21-18-15-12-9-6-3)73-67(70)61-58-55-52-49-46-43-40-37-34-32-29-26-23-20-17-14-11-8-5-2/h7,9-10,12,16-21,25-30,33-34,36-38,41-43,45-47,50,64H,4-6,8,11,13-15,22-24,31-32,35,39-40,44,48-49,51-63H2,1-3H3/b10-7-,12-9-,19-16-,20-17-,21-18-,28-25-,29-26-,30-27-,36-33-,37-34-,41-38-,45-42-,46-43-,50-47-/t64-/m0/s1. The zero-order valence-electron chi connectivity index (χ0n) is 46.3. The molecule has 0 aliphatic carbocycles. The van der Waals surface area contributed by atoms with E-state index < -0.39 is 6.10 Å². The third-order valence-corrected chi connectivity index (χ3v) is 11.2. The first-order chi connectivity index (χ1) is 36.0. The molecular weight excluding hydrogens is 901 g/mol. The van der Waals surface area contributed by atoms with Gasteiger partial charge in [-0.2, -0.15) is 0 Å². The van der Waals surface area contributed by atoms with Crippen molar-refractivity contribution in [2.45, 2.75) is 219 Å². The highest BCUT2D eigenvalue weighted by Gasteiger charge is 2.19. The second-order valence-corrected chi connectivity index (χ2v) is 18.1. The number of hydrogen-bond donors (Lipinski definition) is 0. The molecule has 0 unspecified atom stereocenters. The first-order valence-electron chi connectivity index (χ1n) is 28.6. The van der Waals surface area contributed by atoms with E-state index in [1.807, 2.05) is 0 Å². The maximum atomic E-state index is 12.9. The fourth-order valence-electron chi connectivity index (χ4n) is 6.96. The quantitative estimate of drug-likeness (QED) is 0.0261. The van der Waals surface area contributed by atoms with Crippen LogP contribution in [0.25, 0.3) is 0 Å². The maximum Gasteiger partial charge on any atom is 0.306 e. The van der Waals surface area contributed by atoms with Crippen molar-refractivity contribution in [3.05, 3.63) is 170 Å². The molecular formula is C67H102O6. The van der Waals surface area contributed by atoms with E-state index in [1.54, 1.807) is 0 Å². The number of carbonyl (C=O) groups excluding carboxylic acids is 3. The Balaban J connectivity index is 4.64. The van der Waals surface area contributed by atoms with Crippen molar-refractivity contribution < 1.29 is 28.6 Å². The van der Waals surface area contributed by atoms with Gasteiger partial charge in [-0.15, -0.1) is 0 Å². The number of ether oxygens (including phenoxy) is 3. The molecule has 406 valence electrons. The van der Waals surface area contributed by atoms with E-state index in [0.29, 0.717) is 19.3 Å². The third-order valence-electron chi connectivity index (χ3n) is 11.2. The fraction of sp³-hybridized carbons (Fsp3) is 0.537. The molecule has 0 aromatic heterocycles. The lowest BCUT2D eigenvalue weighted by Crippen LogP contribution is -2.30. The molecule has 0 heterocycles. The van der Waals surface area contributed by atoms with Crippen LogP contribution in [-0.4, -0.2) is 37.2 Å². The molecule has 0 rings (SSSR count). The molecule has 0 bridgehead atoms. The van der Waals surface area contributed by atoms with Gasteiger partial charge in [0.05, 0.1) is 0 Å². The Morgan fingerprint density at radius 1 is 0.288 bits per heavy atom. The van der Waals surface area contributed by atoms with Gasteiger partial charge < -0.3 is 14.2 Å². The lowest BCUT2D eigenvalue weighted by atomic mass is 10.1. The fourth-order valence-corrected chi connectivity index (χ4v) is 6.96. The zero-order valence-corrected chi connectivity index (χ0v) is 46.3. The van der Waals surface area contributed by atoms with Crippen LogP contribution in [0.15, 0.2) is 170 Å². The van der Waals surface area contributed by atoms with Crippen LogP contribution in [-0.2, 0) is 28.6 Å². The molecule has 0 fully saturated rings. The molecule has 6 heteroatoms. The Kier molecular flexibility index (Phi) is 55.1. The average molecular weight is 1000 g/mol. The second kappa shape index (κ2) is 59.3. The van der Waals surface area contributed by atoms with Gasteiger partial charge in [0.25, 0.3) is 0 Å². The third kappa shape index (κ3) is 57.5. The molecule has 6 nitrogen and oxygen atoms in total. The Morgan fingerprint density at radius 2 is 0.548 bits per heavy atom. The summed E-state index contributed by atoms with van der Waals surface area (Å²) in [5.74, 6) is -1.07. The van der Waals surface area contributed by atoms with Gasteiger partial charge in [-0.25, -0.2) is 0 Å². The minimum absolute atomic E-state index is 0.135. The summed E-state index contributed by atoms with van der Waals surface area (Å²) in [5, 5.41) is 0. The van der Waals surface area contributed by atoms with E-state index in [1.165, 1.54) is 25.7 Å². The van der Waals surface area contributed by atoms with Crippen LogP contribution < -0.4 is 0 Å². The molecule has 0 N–H and O–H groups in total. The number of allylic oxidation sites excluding steroid dienone is 28. The number of esters is 3. The molecule has 0 aromatic carbocycles. The van der Waals surface area contributed by atoms with E-state index in [0.717, 1.165) is 135 Å². The van der Waals surface area contributed by atoms with Gasteiger partial charge in [0.1, 0.15) is 13.2 Å². The summed E-state index contributed by atoms with van der Waals surface area (Å²) >= 11 is 0. The average Bonchev–Trinajstić information content (AvgIpc) is 3.39. The van der Waals surface area contributed by atoms with Crippen molar-refractivity contribution in [2.75, 3.05) is 13.2 Å². The van der Waals surface area contributed by atoms with E-state index in [9.17, 15) is 14.4 Å². The summed E-state index contributed by atoms with van der Waals surface area (Å²) in [5.41, 5.74) is 0. The van der Waals surface area contributed by atoms with E-state index in [-0.39, 0.29) is 44.0 Å². The van der Waals surface area contributed by atoms with Crippen LogP contribution in [0.3, 0.4) is 0 Å². The van der Waals surface area contributed by atoms with E-state index in [4.69, 9.17) is 14.2 Å². The molecule has 0 spiro atoms. The largest absolute Gasteiger partial charge is 0.462 e. The molecule has 0 saturated heterocycles. The lowest BCUT2D eigenvalue weighted by molar-refractivity contribution is -0.167. The van der Waals surface area contributed by atoms with Crippen molar-refractivity contribution in [2.24, 2.45) is 0 Å². The highest BCUT2D eigenvalue weighted by molar-refractivity contribution is 5.71. The Hall–Kier alpha value is -5.23. The zero-order chi connectivity index (χ0) is 52.9. The van der Waals surface area contributed by atoms with Crippen LogP contribution >= 0.6 is 0 Å². The number of hydrogen-bond acceptors (Lipinski definition) is 6. The van der Waals surface area contributed by atoms with Gasteiger partial charge in [0.2, 0.25) is 0 Å². The van der Waals surface area contributed by atoms with Gasteiger partial charge in [-0.05, 0) is 148 Å². The minimum Gasteiger partial charge on any atom is -0.462 e. The summed E-state index contributed by atoms with van der Waals surface area (Å²) in [6.45, 7) is 6.26. The highest BCUT2D eigenvalue weighted by Crippen LogP contribution is 2.11. The summed E-state index contributed by atoms with van der Waals surface area (Å²) < 4.78 is 16.8. The summed E-state index contributed by atoms with van der Waals surface area (Å²) in [7, 11) is 0. The molecule has 1 atom stereocenters. The molecule has 0 radical (unpaired) electrons. The van der Waals surface area contributed by atoms with Crippen LogP contribution in [0, 0.1) is 0 Å². The Morgan fingerprint density at radius 3 is 0.863 bits per heavy atom. The summed E-state index contributed by atoms with van der Waals surface area (Å²) in [6, 6.07) is 0. The predicted molar refractivity (Wildman–Crippen MR) is 315 cm³/mol. The monoisotopic (exact) mass is 1000 g/mol. The van der Waals surface area contributed by atoms with Gasteiger partial charge >= 0.3 is 17.9 Å². The lowest BCUT2D eigenvalue weighted by Gasteiger charge is -2.18. The van der Waals surface area contributed by atoms with Gasteiger partial charge in [0, 0.05) is 19.3 Å². The van der Waals surface area contributed by atoms with Crippen molar-refractivity contribution in [1.29, 1.82) is 0 Å². The molecule has 73 heavy (non-hydrogen) atoms. The number of rotatable bonds is 49. The molecule has 0 amide bonds. The topological polar surface area (TPSA) is 78.9 Å². The minimum atomic E-state index is -0.842. The van der Waals surface area contributed by atoms with Crippen LogP contribution in [0.4, 0.5) is 0 Å². The molecule has 0 saturated carbocycles. The van der Waals surface area contributed by atoms with Gasteiger partial charge in [0.15, 0.2) is 6.10 Å². The SMILES string of the molecule is CC/C=C\C/C=C\C/C=C\C/C=C\C/C=C\CCCCCC(=O)OC[C@H](COC(=O)CCC/C=C\C/C=C\C/C=C\C/C=C\C/C=C\CC)OC(=O)CCCCC/C=C\C/C=C\C/C=C\C/C=C\CCCCC. The maximum absolute atomic E-state index is 12.9. The van der Waals surface area contributed by atoms with Gasteiger partial charge in [-0.1, -0.05) is 217 Å². The molecule has 0 aliphatic heterocycles. The Bertz CT molecular complexity index is 1720. The molecule has 0 aromatic rings. The first kappa shape index (κ1) is 67.8. The van der Waals surface area contributed by atoms with Crippen molar-refractivity contribution in [1.82, 2.24) is 0 Å². The van der Waals surface area contributed by atoms with Gasteiger partial charge in [-0.3, -0.25) is 14.4 Å². The predicted octanol–water partition coefficient (Wildman–Crippen LogP) is 19.5. The van der Waals surface area contributed by atoms with Crippen LogP contribution in [0.5, 0.6) is 0 Å². The summed E-state index contributed by atoms with van der Waals surface area (Å²) in [4.78, 5) is 38.2. The van der Waals surface area contributed by atoms with Crippen LogP contribution in [0.1, 0.15) is 213 Å². The Labute approximate surface area is 447 Å². The number of carbonyl (C=O) groups is 3. The van der Waals surface area contributed by atoms with Crippen LogP contribution in [0.2, 0.25) is 0 Å². The van der Waals surface area contributed by atoms with Crippen molar-refractivity contribution in [3.63, 3.8) is 0 Å². The first-order valence-corrected chi connectivity index (χ1v) is 28.6. The summed E-state index contributed by atoms with van der Waals surface area (Å²) in [6.07, 6.45) is 87.7. The van der Waals surface area contributed by atoms with E-state index in [2.05, 4.69) is 191 Å². The highest BCUT2D eigenvalue weighted by atomic mass is 16.6. The van der Waals surface area contributed by atoms with E-state index >= 15 is 0 Å². The normalized spacial score (nSPS) is 13.4. The molecule has 0 aliphatic rings. The van der Waals surface area contributed by atoms with Crippen molar-refractivity contribution in [3.8, 4) is 0 Å².